The van der Waals surface area contributed by atoms with Gasteiger partial charge in [0.25, 0.3) is 0 Å². The molecule has 18 heavy (non-hydrogen) atoms. The maximum atomic E-state index is 6.05. The maximum absolute atomic E-state index is 6.05. The molecule has 0 spiro atoms. The fourth-order valence-electron chi connectivity index (χ4n) is 1.52. The first-order valence-electron chi connectivity index (χ1n) is 5.76. The number of hydrogen-bond acceptors (Lipinski definition) is 3. The topological polar surface area (TPSA) is 35.0 Å². The van der Waals surface area contributed by atoms with E-state index in [1.165, 1.54) is 0 Å². The van der Waals surface area contributed by atoms with Crippen molar-refractivity contribution in [3.63, 3.8) is 0 Å². The number of hydrogen-bond donors (Lipinski definition) is 0. The van der Waals surface area contributed by atoms with E-state index in [1.807, 2.05) is 38.1 Å². The van der Waals surface area contributed by atoms with E-state index >= 15 is 0 Å². The molecular weight excluding hydrogens is 248 g/mol. The van der Waals surface area contributed by atoms with Gasteiger partial charge >= 0.3 is 0 Å². The van der Waals surface area contributed by atoms with Gasteiger partial charge in [-0.2, -0.15) is 0 Å². The molecule has 0 radical (unpaired) electrons. The molecule has 0 fully saturated rings. The molecular formula is C14H13ClN2O. The summed E-state index contributed by atoms with van der Waals surface area (Å²) >= 11 is 6.05. The highest BCUT2D eigenvalue weighted by atomic mass is 35.5. The van der Waals surface area contributed by atoms with Crippen LogP contribution < -0.4 is 0 Å². The van der Waals surface area contributed by atoms with Gasteiger partial charge in [0.15, 0.2) is 10.8 Å². The van der Waals surface area contributed by atoms with E-state index in [0.29, 0.717) is 17.5 Å². The Morgan fingerprint density at radius 2 is 1.94 bits per heavy atom. The van der Waals surface area contributed by atoms with Gasteiger partial charge in [0.2, 0.25) is 0 Å². The molecule has 1 atom stereocenters. The lowest BCUT2D eigenvalue weighted by atomic mass is 10.3. The normalized spacial score (nSPS) is 11.9. The van der Waals surface area contributed by atoms with Crippen molar-refractivity contribution < 1.29 is 4.74 Å². The quantitative estimate of drug-likeness (QED) is 0.779. The van der Waals surface area contributed by atoms with Crippen LogP contribution in [0.1, 0.15) is 19.5 Å². The van der Waals surface area contributed by atoms with Gasteiger partial charge in [0.1, 0.15) is 6.10 Å². The second-order valence-electron chi connectivity index (χ2n) is 3.72. The van der Waals surface area contributed by atoms with Crippen LogP contribution in [0.4, 0.5) is 0 Å². The molecule has 0 saturated carbocycles. The molecule has 4 heteroatoms. The predicted molar refractivity (Wildman–Crippen MR) is 72.5 cm³/mol. The van der Waals surface area contributed by atoms with Gasteiger partial charge in [-0.3, -0.25) is 0 Å². The lowest BCUT2D eigenvalue weighted by Crippen LogP contribution is -2.04. The van der Waals surface area contributed by atoms with Crippen molar-refractivity contribution in [1.82, 2.24) is 9.97 Å². The molecule has 0 bridgehead atoms. The minimum Gasteiger partial charge on any atom is -0.366 e. The average molecular weight is 261 g/mol. The molecule has 0 aliphatic heterocycles. The highest BCUT2D eigenvalue weighted by molar-refractivity contribution is 6.30. The Kier molecular flexibility index (Phi) is 4.14. The molecule has 2 aromatic rings. The molecule has 0 N–H and O–H groups in total. The van der Waals surface area contributed by atoms with E-state index in [-0.39, 0.29) is 6.10 Å². The third-order valence-electron chi connectivity index (χ3n) is 2.34. The number of halogens is 1. The Morgan fingerprint density at radius 3 is 2.61 bits per heavy atom. The average Bonchev–Trinajstić information content (AvgIpc) is 2.36. The van der Waals surface area contributed by atoms with Crippen molar-refractivity contribution in [1.29, 1.82) is 0 Å². The Bertz CT molecular complexity index is 616. The minimum atomic E-state index is -0.140. The summed E-state index contributed by atoms with van der Waals surface area (Å²) in [5.74, 6) is 5.86. The summed E-state index contributed by atoms with van der Waals surface area (Å²) in [4.78, 5) is 8.64. The molecule has 2 rings (SSSR count). The molecule has 3 nitrogen and oxygen atoms in total. The van der Waals surface area contributed by atoms with Gasteiger partial charge in [-0.25, -0.2) is 9.97 Å². The van der Waals surface area contributed by atoms with Gasteiger partial charge in [-0.1, -0.05) is 29.7 Å². The van der Waals surface area contributed by atoms with Crippen LogP contribution in [0.3, 0.4) is 0 Å². The highest BCUT2D eigenvalue weighted by Crippen LogP contribution is 2.15. The van der Waals surface area contributed by atoms with Crippen LogP contribution in [0.5, 0.6) is 0 Å². The number of aromatic nitrogens is 2. The van der Waals surface area contributed by atoms with E-state index < -0.39 is 0 Å². The summed E-state index contributed by atoms with van der Waals surface area (Å²) in [6, 6.07) is 7.56. The number of nitrogens with zero attached hydrogens (tertiary/aromatic N) is 2. The molecule has 1 unspecified atom stereocenters. The zero-order valence-corrected chi connectivity index (χ0v) is 11.0. The Morgan fingerprint density at radius 1 is 1.28 bits per heavy atom. The van der Waals surface area contributed by atoms with Crippen LogP contribution in [0.2, 0.25) is 5.15 Å². The lowest BCUT2D eigenvalue weighted by Gasteiger charge is -2.02. The molecule has 92 valence electrons. The van der Waals surface area contributed by atoms with Crippen molar-refractivity contribution >= 4 is 22.6 Å². The van der Waals surface area contributed by atoms with Crippen LogP contribution in [0.15, 0.2) is 24.3 Å². The molecule has 0 saturated heterocycles. The number of ether oxygens (including phenoxy) is 1. The summed E-state index contributed by atoms with van der Waals surface area (Å²) in [6.07, 6.45) is -0.140. The van der Waals surface area contributed by atoms with Crippen molar-refractivity contribution in [2.24, 2.45) is 0 Å². The zero-order valence-electron chi connectivity index (χ0n) is 10.3. The third kappa shape index (κ3) is 2.98. The van der Waals surface area contributed by atoms with E-state index in [4.69, 9.17) is 16.3 Å². The smallest absolute Gasteiger partial charge is 0.164 e. The number of fused-ring (bicyclic) bond motifs is 1. The van der Waals surface area contributed by atoms with Crippen molar-refractivity contribution in [2.75, 3.05) is 6.61 Å². The van der Waals surface area contributed by atoms with E-state index in [1.54, 1.807) is 0 Å². The maximum Gasteiger partial charge on any atom is 0.164 e. The standard InChI is InChI=1S/C14H13ClN2O/c1-3-18-10(2)8-9-13-14(15)17-12-7-5-4-6-11(12)16-13/h4-7,10H,3H2,1-2H3. The summed E-state index contributed by atoms with van der Waals surface area (Å²) in [5.41, 5.74) is 2.04. The second-order valence-corrected chi connectivity index (χ2v) is 4.08. The van der Waals surface area contributed by atoms with Crippen LogP contribution in [-0.4, -0.2) is 22.7 Å². The van der Waals surface area contributed by atoms with E-state index in [0.717, 1.165) is 11.0 Å². The van der Waals surface area contributed by atoms with Crippen LogP contribution in [0, 0.1) is 11.8 Å². The Hall–Kier alpha value is -1.63. The number of rotatable bonds is 2. The summed E-state index contributed by atoms with van der Waals surface area (Å²) < 4.78 is 5.33. The third-order valence-corrected chi connectivity index (χ3v) is 2.60. The van der Waals surface area contributed by atoms with Gasteiger partial charge < -0.3 is 4.74 Å². The summed E-state index contributed by atoms with van der Waals surface area (Å²) in [6.45, 7) is 4.45. The molecule has 0 aliphatic carbocycles. The van der Waals surface area contributed by atoms with Gasteiger partial charge in [-0.05, 0) is 31.9 Å². The highest BCUT2D eigenvalue weighted by Gasteiger charge is 2.04. The zero-order chi connectivity index (χ0) is 13.0. The second kappa shape index (κ2) is 5.81. The molecule has 1 aromatic carbocycles. The Balaban J connectivity index is 2.36. The van der Waals surface area contributed by atoms with Crippen LogP contribution >= 0.6 is 11.6 Å². The van der Waals surface area contributed by atoms with Crippen molar-refractivity contribution in [3.05, 3.63) is 35.1 Å². The number of benzene rings is 1. The van der Waals surface area contributed by atoms with Crippen LogP contribution in [0.25, 0.3) is 11.0 Å². The minimum absolute atomic E-state index is 0.140. The first-order chi connectivity index (χ1) is 8.70. The monoisotopic (exact) mass is 260 g/mol. The SMILES string of the molecule is CCOC(C)C#Cc1nc2ccccc2nc1Cl. The van der Waals surface area contributed by atoms with E-state index in [9.17, 15) is 0 Å². The van der Waals surface area contributed by atoms with Gasteiger partial charge in [0, 0.05) is 6.61 Å². The molecule has 0 amide bonds. The molecule has 1 heterocycles. The van der Waals surface area contributed by atoms with Crippen LogP contribution in [-0.2, 0) is 4.74 Å². The van der Waals surface area contributed by atoms with Crippen molar-refractivity contribution in [3.8, 4) is 11.8 Å². The van der Waals surface area contributed by atoms with E-state index in [2.05, 4.69) is 21.8 Å². The molecule has 0 aliphatic rings. The summed E-state index contributed by atoms with van der Waals surface area (Å²) in [7, 11) is 0. The molecule has 1 aromatic heterocycles. The first-order valence-corrected chi connectivity index (χ1v) is 6.14. The number of para-hydroxylation sites is 2. The lowest BCUT2D eigenvalue weighted by molar-refractivity contribution is 0.116. The van der Waals surface area contributed by atoms with Crippen molar-refractivity contribution in [2.45, 2.75) is 20.0 Å². The fourth-order valence-corrected chi connectivity index (χ4v) is 1.70. The predicted octanol–water partition coefficient (Wildman–Crippen LogP) is 3.06. The Labute approximate surface area is 111 Å². The summed E-state index contributed by atoms with van der Waals surface area (Å²) in [5, 5.41) is 0.324. The first kappa shape index (κ1) is 12.8. The fraction of sp³-hybridized carbons (Fsp3) is 0.286. The van der Waals surface area contributed by atoms with Gasteiger partial charge in [-0.15, -0.1) is 0 Å². The largest absolute Gasteiger partial charge is 0.366 e. The van der Waals surface area contributed by atoms with Gasteiger partial charge in [0.05, 0.1) is 11.0 Å².